The number of anilines is 2. The van der Waals surface area contributed by atoms with Crippen molar-refractivity contribution < 1.29 is 9.18 Å². The minimum atomic E-state index is -0.656. The number of nitrogen functional groups attached to an aromatic ring is 1. The molecule has 0 aliphatic carbocycles. The van der Waals surface area contributed by atoms with Crippen LogP contribution in [0.4, 0.5) is 16.2 Å². The summed E-state index contributed by atoms with van der Waals surface area (Å²) < 4.78 is 16.8. The molecule has 1 amide bonds. The number of nitrogens with one attached hydrogen (secondary N) is 1. The normalized spacial score (nSPS) is 17.2. The second-order valence-corrected chi connectivity index (χ2v) is 8.68. The van der Waals surface area contributed by atoms with E-state index in [-0.39, 0.29) is 22.7 Å². The second kappa shape index (κ2) is 7.27. The SMILES string of the molecule is Nc1nc2c(c(N3CCC3Sc3nn4ccc(F)c4c(=O)n3-c3ccccn3)n1)C(=O)NC2. The highest BCUT2D eigenvalue weighted by Gasteiger charge is 2.37. The highest BCUT2D eigenvalue weighted by molar-refractivity contribution is 7.99. The van der Waals surface area contributed by atoms with E-state index in [0.29, 0.717) is 41.1 Å². The number of carbonyl (C=O) groups excluding carboxylic acids is 1. The van der Waals surface area contributed by atoms with Gasteiger partial charge in [0.25, 0.3) is 11.5 Å². The molecule has 1 atom stereocenters. The number of rotatable bonds is 4. The summed E-state index contributed by atoms with van der Waals surface area (Å²) in [5.74, 6) is -0.0295. The molecule has 2 aliphatic rings. The number of hydrogen-bond acceptors (Lipinski definition) is 9. The summed E-state index contributed by atoms with van der Waals surface area (Å²) in [6.45, 7) is 0.943. The Kier molecular flexibility index (Phi) is 4.33. The lowest BCUT2D eigenvalue weighted by Crippen LogP contribution is -2.47. The fourth-order valence-corrected chi connectivity index (χ4v) is 5.18. The Bertz CT molecular complexity index is 1490. The number of aromatic nitrogens is 6. The van der Waals surface area contributed by atoms with Gasteiger partial charge in [0.1, 0.15) is 17.2 Å². The van der Waals surface area contributed by atoms with Crippen LogP contribution in [0, 0.1) is 5.82 Å². The van der Waals surface area contributed by atoms with Crippen LogP contribution in [-0.4, -0.2) is 47.0 Å². The Morgan fingerprint density at radius 3 is 2.85 bits per heavy atom. The third-order valence-corrected chi connectivity index (χ3v) is 6.83. The van der Waals surface area contributed by atoms with E-state index in [2.05, 4.69) is 25.4 Å². The van der Waals surface area contributed by atoms with Crippen LogP contribution in [0.2, 0.25) is 0 Å². The van der Waals surface area contributed by atoms with Crippen molar-refractivity contribution in [1.82, 2.24) is 34.4 Å². The Morgan fingerprint density at radius 2 is 2.09 bits per heavy atom. The minimum Gasteiger partial charge on any atom is -0.368 e. The van der Waals surface area contributed by atoms with Crippen molar-refractivity contribution in [3.8, 4) is 5.82 Å². The third-order valence-electron chi connectivity index (χ3n) is 5.59. The highest BCUT2D eigenvalue weighted by atomic mass is 32.2. The Morgan fingerprint density at radius 1 is 1.21 bits per heavy atom. The molecule has 6 rings (SSSR count). The lowest BCUT2D eigenvalue weighted by Gasteiger charge is -2.41. The molecule has 2 aliphatic heterocycles. The fraction of sp³-hybridized carbons (Fsp3) is 0.200. The van der Waals surface area contributed by atoms with Crippen molar-refractivity contribution >= 4 is 35.0 Å². The molecule has 4 aromatic rings. The summed E-state index contributed by atoms with van der Waals surface area (Å²) in [7, 11) is 0. The number of halogens is 1. The molecular weight excluding hydrogens is 449 g/mol. The van der Waals surface area contributed by atoms with Crippen LogP contribution < -0.4 is 21.5 Å². The van der Waals surface area contributed by atoms with Crippen molar-refractivity contribution in [2.45, 2.75) is 23.5 Å². The average molecular weight is 465 g/mol. The molecule has 0 radical (unpaired) electrons. The van der Waals surface area contributed by atoms with Gasteiger partial charge in [-0.3, -0.25) is 9.59 Å². The Hall–Kier alpha value is -4.00. The molecule has 0 spiro atoms. The van der Waals surface area contributed by atoms with E-state index in [1.165, 1.54) is 33.1 Å². The highest BCUT2D eigenvalue weighted by Crippen LogP contribution is 2.39. The van der Waals surface area contributed by atoms with Gasteiger partial charge in [-0.25, -0.2) is 23.4 Å². The van der Waals surface area contributed by atoms with E-state index in [1.807, 2.05) is 4.90 Å². The molecule has 0 saturated carbocycles. The molecular formula is C20H16FN9O2S. The first-order chi connectivity index (χ1) is 16.0. The third kappa shape index (κ3) is 3.03. The van der Waals surface area contributed by atoms with Crippen LogP contribution in [-0.2, 0) is 6.54 Å². The predicted molar refractivity (Wildman–Crippen MR) is 118 cm³/mol. The summed E-state index contributed by atoms with van der Waals surface area (Å²) in [6, 6.07) is 6.32. The first-order valence-electron chi connectivity index (χ1n) is 10.1. The van der Waals surface area contributed by atoms with Crippen molar-refractivity contribution in [2.75, 3.05) is 17.2 Å². The van der Waals surface area contributed by atoms with Crippen LogP contribution in [0.15, 0.2) is 46.6 Å². The number of fused-ring (bicyclic) bond motifs is 2. The number of hydrogen-bond donors (Lipinski definition) is 2. The fourth-order valence-electron chi connectivity index (χ4n) is 3.96. The van der Waals surface area contributed by atoms with Gasteiger partial charge in [-0.05, 0) is 24.6 Å². The summed E-state index contributed by atoms with van der Waals surface area (Å²) in [6.07, 6.45) is 3.71. The molecule has 3 N–H and O–H groups in total. The van der Waals surface area contributed by atoms with Gasteiger partial charge in [-0.2, -0.15) is 4.98 Å². The standard InChI is InChI=1S/C20H16FN9O2S/c21-10-4-8-29-15(10)18(32)30(12-3-1-2-6-23-12)20(27-29)33-13-5-7-28(13)16-14-11(9-24-17(14)31)25-19(22)26-16/h1-4,6,8,13H,5,7,9H2,(H,24,31)(H2,22,25,26). The van der Waals surface area contributed by atoms with Gasteiger partial charge in [0, 0.05) is 18.9 Å². The summed E-state index contributed by atoms with van der Waals surface area (Å²) in [5.41, 5.74) is 6.12. The van der Waals surface area contributed by atoms with Gasteiger partial charge >= 0.3 is 0 Å². The average Bonchev–Trinajstić information content (AvgIpc) is 3.34. The van der Waals surface area contributed by atoms with E-state index in [1.54, 1.807) is 24.4 Å². The predicted octanol–water partition coefficient (Wildman–Crippen LogP) is 0.963. The lowest BCUT2D eigenvalue weighted by molar-refractivity contribution is 0.0966. The van der Waals surface area contributed by atoms with Crippen molar-refractivity contribution in [2.24, 2.45) is 0 Å². The largest absolute Gasteiger partial charge is 0.368 e. The molecule has 13 heteroatoms. The summed E-state index contributed by atoms with van der Waals surface area (Å²) in [4.78, 5) is 40.3. The van der Waals surface area contributed by atoms with Crippen molar-refractivity contribution in [3.05, 3.63) is 64.1 Å². The van der Waals surface area contributed by atoms with E-state index >= 15 is 0 Å². The number of nitrogens with zero attached hydrogens (tertiary/aromatic N) is 7. The van der Waals surface area contributed by atoms with Crippen LogP contribution in [0.3, 0.4) is 0 Å². The molecule has 1 fully saturated rings. The zero-order valence-electron chi connectivity index (χ0n) is 17.0. The van der Waals surface area contributed by atoms with Crippen molar-refractivity contribution in [1.29, 1.82) is 0 Å². The Balaban J connectivity index is 1.44. The van der Waals surface area contributed by atoms with Crippen LogP contribution in [0.5, 0.6) is 0 Å². The van der Waals surface area contributed by atoms with E-state index in [9.17, 15) is 14.0 Å². The molecule has 11 nitrogen and oxygen atoms in total. The van der Waals surface area contributed by atoms with Crippen molar-refractivity contribution in [3.63, 3.8) is 0 Å². The first kappa shape index (κ1) is 19.7. The summed E-state index contributed by atoms with van der Waals surface area (Å²) in [5, 5.41) is 7.38. The number of pyridine rings is 1. The van der Waals surface area contributed by atoms with Gasteiger partial charge in [0.15, 0.2) is 16.5 Å². The maximum atomic E-state index is 14.3. The number of thioether (sulfide) groups is 1. The molecule has 0 aromatic carbocycles. The van der Waals surface area contributed by atoms with Crippen LogP contribution in [0.25, 0.3) is 11.3 Å². The zero-order chi connectivity index (χ0) is 22.7. The molecule has 4 aromatic heterocycles. The summed E-state index contributed by atoms with van der Waals surface area (Å²) >= 11 is 1.31. The molecule has 166 valence electrons. The van der Waals surface area contributed by atoms with Gasteiger partial charge < -0.3 is 16.0 Å². The minimum absolute atomic E-state index is 0.0867. The monoisotopic (exact) mass is 465 g/mol. The van der Waals surface area contributed by atoms with Crippen LogP contribution in [0.1, 0.15) is 22.5 Å². The number of nitrogens with two attached hydrogens (primary N) is 1. The Labute approximate surface area is 189 Å². The molecule has 1 unspecified atom stereocenters. The van der Waals surface area contributed by atoms with Gasteiger partial charge in [-0.15, -0.1) is 5.10 Å². The van der Waals surface area contributed by atoms with Crippen LogP contribution >= 0.6 is 11.8 Å². The number of amides is 1. The second-order valence-electron chi connectivity index (χ2n) is 7.53. The quantitative estimate of drug-likeness (QED) is 0.452. The maximum Gasteiger partial charge on any atom is 0.287 e. The lowest BCUT2D eigenvalue weighted by atomic mass is 10.1. The van der Waals surface area contributed by atoms with Gasteiger partial charge in [-0.1, -0.05) is 17.8 Å². The van der Waals surface area contributed by atoms with Gasteiger partial charge in [0.05, 0.1) is 17.6 Å². The molecule has 6 heterocycles. The van der Waals surface area contributed by atoms with E-state index in [4.69, 9.17) is 5.73 Å². The first-order valence-corrected chi connectivity index (χ1v) is 11.0. The van der Waals surface area contributed by atoms with Gasteiger partial charge in [0.2, 0.25) is 5.95 Å². The zero-order valence-corrected chi connectivity index (χ0v) is 17.8. The molecule has 1 saturated heterocycles. The van der Waals surface area contributed by atoms with E-state index < -0.39 is 11.4 Å². The number of carbonyl (C=O) groups is 1. The van der Waals surface area contributed by atoms with E-state index in [0.717, 1.165) is 6.42 Å². The topological polar surface area (TPSA) is 136 Å². The molecule has 0 bridgehead atoms. The molecule has 33 heavy (non-hydrogen) atoms. The smallest absolute Gasteiger partial charge is 0.287 e. The maximum absolute atomic E-state index is 14.3.